The summed E-state index contributed by atoms with van der Waals surface area (Å²) in [4.78, 5) is 26.4. The van der Waals surface area contributed by atoms with Crippen LogP contribution in [0.3, 0.4) is 0 Å². The molecule has 4 nitrogen and oxygen atoms in total. The smallest absolute Gasteiger partial charge is 0.258 e. The van der Waals surface area contributed by atoms with Crippen LogP contribution < -0.4 is 10.6 Å². The molecule has 130 valence electrons. The number of benzene rings is 3. The number of ketones is 1. The van der Waals surface area contributed by atoms with E-state index in [1.807, 2.05) is 60.7 Å². The van der Waals surface area contributed by atoms with Crippen LogP contribution in [0.5, 0.6) is 0 Å². The molecule has 26 heavy (non-hydrogen) atoms. The van der Waals surface area contributed by atoms with Crippen molar-refractivity contribution in [3.8, 4) is 0 Å². The first-order valence-electron chi connectivity index (χ1n) is 8.43. The van der Waals surface area contributed by atoms with E-state index < -0.39 is 0 Å². The van der Waals surface area contributed by atoms with Gasteiger partial charge in [0.05, 0.1) is 13.1 Å². The van der Waals surface area contributed by atoms with Crippen LogP contribution in [-0.4, -0.2) is 18.2 Å². The number of nitrogens with zero attached hydrogens (tertiary/aromatic N) is 1. The van der Waals surface area contributed by atoms with Crippen LogP contribution in [0.4, 0.5) is 5.69 Å². The lowest BCUT2D eigenvalue weighted by Crippen LogP contribution is -2.30. The second kappa shape index (κ2) is 8.23. The van der Waals surface area contributed by atoms with Crippen LogP contribution in [0.15, 0.2) is 84.9 Å². The lowest BCUT2D eigenvalue weighted by molar-refractivity contribution is 0.0981. The molecular weight excluding hydrogens is 324 g/mol. The average Bonchev–Trinajstić information content (AvgIpc) is 2.72. The molecule has 0 fully saturated rings. The van der Waals surface area contributed by atoms with E-state index in [9.17, 15) is 9.59 Å². The van der Waals surface area contributed by atoms with Gasteiger partial charge in [-0.2, -0.15) is 0 Å². The normalized spacial score (nSPS) is 10.3. The van der Waals surface area contributed by atoms with Crippen LogP contribution in [0, 0.1) is 0 Å². The summed E-state index contributed by atoms with van der Waals surface area (Å²) >= 11 is 0. The molecule has 0 heterocycles. The Hall–Kier alpha value is -3.24. The monoisotopic (exact) mass is 344 g/mol. The van der Waals surface area contributed by atoms with Gasteiger partial charge in [-0.25, -0.2) is 0 Å². The summed E-state index contributed by atoms with van der Waals surface area (Å²) < 4.78 is 0. The molecule has 0 bridgehead atoms. The van der Waals surface area contributed by atoms with Crippen LogP contribution in [0.1, 0.15) is 26.3 Å². The van der Waals surface area contributed by atoms with Crippen molar-refractivity contribution in [1.82, 2.24) is 0 Å². The number of anilines is 1. The predicted molar refractivity (Wildman–Crippen MR) is 103 cm³/mol. The van der Waals surface area contributed by atoms with Crippen molar-refractivity contribution in [2.75, 3.05) is 11.4 Å². The first kappa shape index (κ1) is 17.6. The first-order chi connectivity index (χ1) is 12.7. The van der Waals surface area contributed by atoms with Crippen molar-refractivity contribution in [1.29, 1.82) is 0 Å². The van der Waals surface area contributed by atoms with Gasteiger partial charge in [0.1, 0.15) is 0 Å². The minimum absolute atomic E-state index is 0.0119. The molecule has 0 aliphatic rings. The minimum atomic E-state index is -0.100. The molecule has 0 saturated heterocycles. The summed E-state index contributed by atoms with van der Waals surface area (Å²) in [5, 5.41) is 0. The highest BCUT2D eigenvalue weighted by atomic mass is 16.2. The van der Waals surface area contributed by atoms with Crippen molar-refractivity contribution >= 4 is 17.4 Å². The lowest BCUT2D eigenvalue weighted by atomic mass is 10.1. The molecule has 0 aliphatic carbocycles. The second-order valence-corrected chi connectivity index (χ2v) is 5.92. The Morgan fingerprint density at radius 3 is 1.88 bits per heavy atom. The molecule has 4 heteroatoms. The third kappa shape index (κ3) is 4.05. The van der Waals surface area contributed by atoms with Crippen molar-refractivity contribution in [2.24, 2.45) is 5.73 Å². The van der Waals surface area contributed by atoms with Gasteiger partial charge in [0.25, 0.3) is 5.91 Å². The third-order valence-electron chi connectivity index (χ3n) is 4.14. The standard InChI is InChI=1S/C22H20N2O2/c23-15-21(25)18-13-11-17(12-14-18)16-24(20-9-5-2-6-10-20)22(26)19-7-3-1-4-8-19/h1-14H,15-16,23H2. The molecule has 0 saturated carbocycles. The van der Waals surface area contributed by atoms with Gasteiger partial charge in [0.2, 0.25) is 0 Å². The van der Waals surface area contributed by atoms with Gasteiger partial charge in [-0.15, -0.1) is 0 Å². The fraction of sp³-hybridized carbons (Fsp3) is 0.0909. The second-order valence-electron chi connectivity index (χ2n) is 5.92. The van der Waals surface area contributed by atoms with Gasteiger partial charge in [-0.1, -0.05) is 60.7 Å². The summed E-state index contributed by atoms with van der Waals surface area (Å²) in [6.07, 6.45) is 0. The van der Waals surface area contributed by atoms with E-state index in [2.05, 4.69) is 0 Å². The van der Waals surface area contributed by atoms with Gasteiger partial charge in [-0.05, 0) is 29.8 Å². The summed E-state index contributed by atoms with van der Waals surface area (Å²) in [7, 11) is 0. The number of nitrogens with two attached hydrogens (primary N) is 1. The van der Waals surface area contributed by atoms with E-state index in [4.69, 9.17) is 5.73 Å². The molecule has 0 unspecified atom stereocenters. The van der Waals surface area contributed by atoms with E-state index in [1.165, 1.54) is 0 Å². The molecule has 3 rings (SSSR count). The lowest BCUT2D eigenvalue weighted by Gasteiger charge is -2.23. The first-order valence-corrected chi connectivity index (χ1v) is 8.43. The maximum atomic E-state index is 13.0. The average molecular weight is 344 g/mol. The summed E-state index contributed by atoms with van der Waals surface area (Å²) in [5.74, 6) is -0.171. The minimum Gasteiger partial charge on any atom is -0.324 e. The zero-order valence-electron chi connectivity index (χ0n) is 14.3. The number of hydrogen-bond acceptors (Lipinski definition) is 3. The van der Waals surface area contributed by atoms with Crippen LogP contribution in [-0.2, 0) is 6.54 Å². The summed E-state index contributed by atoms with van der Waals surface area (Å²) in [6, 6.07) is 26.0. The fourth-order valence-electron chi connectivity index (χ4n) is 2.72. The van der Waals surface area contributed by atoms with Crippen molar-refractivity contribution < 1.29 is 9.59 Å². The zero-order valence-corrected chi connectivity index (χ0v) is 14.3. The Kier molecular flexibility index (Phi) is 5.56. The van der Waals surface area contributed by atoms with E-state index in [1.54, 1.807) is 29.2 Å². The number of carbonyl (C=O) groups is 2. The Labute approximate surface area is 152 Å². The number of para-hydroxylation sites is 1. The molecule has 0 aromatic heterocycles. The number of rotatable bonds is 6. The van der Waals surface area contributed by atoms with E-state index >= 15 is 0 Å². The maximum Gasteiger partial charge on any atom is 0.258 e. The van der Waals surface area contributed by atoms with Gasteiger partial charge in [0.15, 0.2) is 5.78 Å². The molecule has 3 aromatic rings. The SMILES string of the molecule is NCC(=O)c1ccc(CN(C(=O)c2ccccc2)c2ccccc2)cc1. The Bertz CT molecular complexity index is 875. The molecule has 1 amide bonds. The Balaban J connectivity index is 1.89. The van der Waals surface area contributed by atoms with Crippen LogP contribution in [0.2, 0.25) is 0 Å². The van der Waals surface area contributed by atoms with Crippen LogP contribution >= 0.6 is 0 Å². The molecule has 0 spiro atoms. The molecule has 3 aromatic carbocycles. The fourth-order valence-corrected chi connectivity index (χ4v) is 2.72. The highest BCUT2D eigenvalue weighted by Crippen LogP contribution is 2.20. The molecule has 2 N–H and O–H groups in total. The maximum absolute atomic E-state index is 13.0. The molecule has 0 atom stereocenters. The van der Waals surface area contributed by atoms with Gasteiger partial charge < -0.3 is 10.6 Å². The van der Waals surface area contributed by atoms with Crippen molar-refractivity contribution in [2.45, 2.75) is 6.54 Å². The topological polar surface area (TPSA) is 63.4 Å². The highest BCUT2D eigenvalue weighted by molar-refractivity contribution is 6.06. The zero-order chi connectivity index (χ0) is 18.4. The quantitative estimate of drug-likeness (QED) is 0.694. The third-order valence-corrected chi connectivity index (χ3v) is 4.14. The van der Waals surface area contributed by atoms with Gasteiger partial charge in [0, 0.05) is 16.8 Å². The molecular formula is C22H20N2O2. The van der Waals surface area contributed by atoms with Crippen LogP contribution in [0.25, 0.3) is 0 Å². The predicted octanol–water partition coefficient (Wildman–Crippen LogP) is 3.68. The molecule has 0 radical (unpaired) electrons. The van der Waals surface area contributed by atoms with Crippen molar-refractivity contribution in [3.05, 3.63) is 102 Å². The summed E-state index contributed by atoms with van der Waals surface area (Å²) in [5.41, 5.74) is 8.37. The molecule has 0 aliphatic heterocycles. The number of hydrogen-bond donors (Lipinski definition) is 1. The van der Waals surface area contributed by atoms with Gasteiger partial charge in [-0.3, -0.25) is 9.59 Å². The Morgan fingerprint density at radius 1 is 0.731 bits per heavy atom. The highest BCUT2D eigenvalue weighted by Gasteiger charge is 2.18. The number of carbonyl (C=O) groups excluding carboxylic acids is 2. The summed E-state index contributed by atoms with van der Waals surface area (Å²) in [6.45, 7) is 0.400. The van der Waals surface area contributed by atoms with Gasteiger partial charge >= 0.3 is 0 Å². The number of Topliss-reactive ketones (excluding diaryl/α,β-unsaturated/α-hetero) is 1. The van der Waals surface area contributed by atoms with E-state index in [0.29, 0.717) is 17.7 Å². The Morgan fingerprint density at radius 2 is 1.31 bits per heavy atom. The van der Waals surface area contributed by atoms with Crippen molar-refractivity contribution in [3.63, 3.8) is 0 Å². The van der Waals surface area contributed by atoms with E-state index in [0.717, 1.165) is 11.3 Å². The number of amides is 1. The van der Waals surface area contributed by atoms with E-state index in [-0.39, 0.29) is 18.2 Å². The largest absolute Gasteiger partial charge is 0.324 e.